The molecule has 1 unspecified atom stereocenters. The second-order valence-corrected chi connectivity index (χ2v) is 7.19. The van der Waals surface area contributed by atoms with E-state index in [2.05, 4.69) is 30.3 Å². The Morgan fingerprint density at radius 2 is 1.95 bits per heavy atom. The van der Waals surface area contributed by atoms with Gasteiger partial charge in [0.15, 0.2) is 0 Å². The van der Waals surface area contributed by atoms with Crippen LogP contribution in [0.25, 0.3) is 0 Å². The van der Waals surface area contributed by atoms with Crippen molar-refractivity contribution in [1.29, 1.82) is 0 Å². The number of fused-ring (bicyclic) bond motifs is 1. The van der Waals surface area contributed by atoms with Gasteiger partial charge in [-0.05, 0) is 42.6 Å². The minimum atomic E-state index is -0.108. The van der Waals surface area contributed by atoms with Crippen LogP contribution in [-0.2, 0) is 19.9 Å². The number of rotatable bonds is 2. The second-order valence-electron chi connectivity index (χ2n) is 7.19. The number of carbonyl (C=O) groups excluding carboxylic acids is 1. The zero-order chi connectivity index (χ0) is 14.2. The van der Waals surface area contributed by atoms with Crippen molar-refractivity contribution in [2.45, 2.75) is 31.0 Å². The van der Waals surface area contributed by atoms with Gasteiger partial charge in [0, 0.05) is 5.92 Å². The number of esters is 1. The normalized spacial score (nSPS) is 48.8. The van der Waals surface area contributed by atoms with E-state index in [0.29, 0.717) is 29.8 Å². The molecule has 0 N–H and O–H groups in total. The Hall–Kier alpha value is -1.35. The standard InChI is InChI=1S/C18H20O3/c1-20-17(19)14-12-8-7-11-13(14)9-18(15(12)16(11)21-18)10-5-3-2-4-6-10/h2-6,11-16H,7-9H2,1H3/t11-,12+,13-,14-,15-,16+,18?/m1/s1. The van der Waals surface area contributed by atoms with Crippen molar-refractivity contribution in [3.05, 3.63) is 35.9 Å². The molecule has 1 aromatic rings. The molecule has 0 radical (unpaired) electrons. The SMILES string of the molecule is COC(=O)[C@H]1[C@@H]2CC3(c4ccccc4)O[C@H]4[C@@H]2CC[C@@H]1[C@H]43. The molecule has 5 aliphatic carbocycles. The van der Waals surface area contributed by atoms with E-state index in [0.717, 1.165) is 6.42 Å². The van der Waals surface area contributed by atoms with Crippen LogP contribution in [0, 0.1) is 29.6 Å². The molecule has 7 atom stereocenters. The molecule has 0 amide bonds. The van der Waals surface area contributed by atoms with Crippen molar-refractivity contribution in [3.8, 4) is 0 Å². The Labute approximate surface area is 124 Å². The molecule has 7 aliphatic rings. The molecule has 8 rings (SSSR count). The van der Waals surface area contributed by atoms with Crippen molar-refractivity contribution in [2.75, 3.05) is 7.11 Å². The fourth-order valence-electron chi connectivity index (χ4n) is 6.10. The van der Waals surface area contributed by atoms with E-state index in [1.165, 1.54) is 25.5 Å². The van der Waals surface area contributed by atoms with Gasteiger partial charge in [0.1, 0.15) is 0 Å². The van der Waals surface area contributed by atoms with Gasteiger partial charge in [0.25, 0.3) is 0 Å². The monoisotopic (exact) mass is 284 g/mol. The number of ether oxygens (including phenoxy) is 2. The van der Waals surface area contributed by atoms with Crippen LogP contribution in [0.2, 0.25) is 0 Å². The minimum Gasteiger partial charge on any atom is -0.469 e. The molecule has 2 heterocycles. The summed E-state index contributed by atoms with van der Waals surface area (Å²) in [5.74, 6) is 2.15. The maximum absolute atomic E-state index is 12.2. The fraction of sp³-hybridized carbons (Fsp3) is 0.611. The largest absolute Gasteiger partial charge is 0.469 e. The van der Waals surface area contributed by atoms with Gasteiger partial charge in [0.2, 0.25) is 0 Å². The van der Waals surface area contributed by atoms with Crippen molar-refractivity contribution >= 4 is 5.97 Å². The number of carbonyl (C=O) groups is 1. The maximum Gasteiger partial charge on any atom is 0.309 e. The third-order valence-corrected chi connectivity index (χ3v) is 6.70. The highest BCUT2D eigenvalue weighted by molar-refractivity contribution is 5.74. The third-order valence-electron chi connectivity index (χ3n) is 6.70. The maximum atomic E-state index is 12.2. The molecule has 5 saturated carbocycles. The fourth-order valence-corrected chi connectivity index (χ4v) is 6.10. The van der Waals surface area contributed by atoms with Gasteiger partial charge in [-0.25, -0.2) is 0 Å². The van der Waals surface area contributed by atoms with Crippen LogP contribution < -0.4 is 0 Å². The van der Waals surface area contributed by atoms with Crippen LogP contribution in [0.5, 0.6) is 0 Å². The molecule has 7 fully saturated rings. The van der Waals surface area contributed by atoms with Crippen molar-refractivity contribution in [1.82, 2.24) is 0 Å². The lowest BCUT2D eigenvalue weighted by Gasteiger charge is -2.74. The zero-order valence-corrected chi connectivity index (χ0v) is 12.2. The molecule has 21 heavy (non-hydrogen) atoms. The Morgan fingerprint density at radius 3 is 2.67 bits per heavy atom. The average Bonchev–Trinajstić information content (AvgIpc) is 2.53. The van der Waals surface area contributed by atoms with E-state index in [9.17, 15) is 4.79 Å². The third kappa shape index (κ3) is 1.28. The lowest BCUT2D eigenvalue weighted by molar-refractivity contribution is -0.396. The van der Waals surface area contributed by atoms with E-state index in [1.54, 1.807) is 0 Å². The van der Waals surface area contributed by atoms with E-state index < -0.39 is 0 Å². The van der Waals surface area contributed by atoms with E-state index in [4.69, 9.17) is 9.47 Å². The Bertz CT molecular complexity index is 596. The van der Waals surface area contributed by atoms with Crippen molar-refractivity contribution in [2.24, 2.45) is 29.6 Å². The smallest absolute Gasteiger partial charge is 0.309 e. The van der Waals surface area contributed by atoms with Crippen LogP contribution in [0.1, 0.15) is 24.8 Å². The molecule has 0 spiro atoms. The van der Waals surface area contributed by atoms with Crippen LogP contribution in [-0.4, -0.2) is 19.2 Å². The van der Waals surface area contributed by atoms with Crippen LogP contribution >= 0.6 is 0 Å². The summed E-state index contributed by atoms with van der Waals surface area (Å²) in [7, 11) is 1.53. The second kappa shape index (κ2) is 3.89. The molecule has 2 saturated heterocycles. The molecular weight excluding hydrogens is 264 g/mol. The first-order valence-electron chi connectivity index (χ1n) is 8.07. The number of hydrogen-bond donors (Lipinski definition) is 0. The van der Waals surface area contributed by atoms with Gasteiger partial charge in [-0.1, -0.05) is 30.3 Å². The topological polar surface area (TPSA) is 35.5 Å². The summed E-state index contributed by atoms with van der Waals surface area (Å²) < 4.78 is 11.5. The first kappa shape index (κ1) is 12.2. The predicted molar refractivity (Wildman–Crippen MR) is 76.3 cm³/mol. The summed E-state index contributed by atoms with van der Waals surface area (Å²) >= 11 is 0. The molecule has 110 valence electrons. The summed E-state index contributed by atoms with van der Waals surface area (Å²) in [5.41, 5.74) is 1.20. The highest BCUT2D eigenvalue weighted by Crippen LogP contribution is 2.73. The van der Waals surface area contributed by atoms with Gasteiger partial charge < -0.3 is 9.47 Å². The molecular formula is C18H20O3. The van der Waals surface area contributed by atoms with Crippen molar-refractivity contribution in [3.63, 3.8) is 0 Å². The first-order valence-corrected chi connectivity index (χ1v) is 8.07. The quantitative estimate of drug-likeness (QED) is 0.783. The summed E-state index contributed by atoms with van der Waals surface area (Å²) in [6, 6.07) is 10.6. The molecule has 3 heteroatoms. The highest BCUT2D eigenvalue weighted by atomic mass is 16.5. The number of benzene rings is 1. The molecule has 3 nitrogen and oxygen atoms in total. The Kier molecular flexibility index (Phi) is 2.26. The molecule has 0 aromatic heterocycles. The minimum absolute atomic E-state index is 0.0155. The summed E-state index contributed by atoms with van der Waals surface area (Å²) in [6.07, 6.45) is 3.79. The lowest BCUT2D eigenvalue weighted by Crippen LogP contribution is -2.77. The van der Waals surface area contributed by atoms with Crippen molar-refractivity contribution < 1.29 is 14.3 Å². The summed E-state index contributed by atoms with van der Waals surface area (Å²) in [4.78, 5) is 12.2. The molecule has 1 aromatic carbocycles. The Morgan fingerprint density at radius 1 is 1.19 bits per heavy atom. The average molecular weight is 284 g/mol. The van der Waals surface area contributed by atoms with Gasteiger partial charge in [0.05, 0.1) is 24.7 Å². The van der Waals surface area contributed by atoms with Gasteiger partial charge in [-0.2, -0.15) is 0 Å². The van der Waals surface area contributed by atoms with E-state index in [-0.39, 0.29) is 17.5 Å². The van der Waals surface area contributed by atoms with E-state index >= 15 is 0 Å². The number of hydrogen-bond acceptors (Lipinski definition) is 3. The van der Waals surface area contributed by atoms with Gasteiger partial charge >= 0.3 is 5.97 Å². The van der Waals surface area contributed by atoms with Gasteiger partial charge in [-0.3, -0.25) is 4.79 Å². The van der Waals surface area contributed by atoms with Crippen LogP contribution in [0.4, 0.5) is 0 Å². The zero-order valence-electron chi connectivity index (χ0n) is 12.2. The van der Waals surface area contributed by atoms with Crippen LogP contribution in [0.3, 0.4) is 0 Å². The summed E-state index contributed by atoms with van der Waals surface area (Å²) in [5, 5.41) is 0. The van der Waals surface area contributed by atoms with Gasteiger partial charge in [-0.15, -0.1) is 0 Å². The lowest BCUT2D eigenvalue weighted by atomic mass is 9.39. The predicted octanol–water partition coefficient (Wildman–Crippen LogP) is 2.75. The molecule has 2 aliphatic heterocycles. The summed E-state index contributed by atoms with van der Waals surface area (Å²) in [6.45, 7) is 0. The first-order chi connectivity index (χ1) is 10.3. The van der Waals surface area contributed by atoms with E-state index in [1.807, 2.05) is 0 Å². The Balaban J connectivity index is 1.58. The number of methoxy groups -OCH3 is 1. The molecule has 6 bridgehead atoms. The van der Waals surface area contributed by atoms with Crippen LogP contribution in [0.15, 0.2) is 30.3 Å². The highest BCUT2D eigenvalue weighted by Gasteiger charge is 2.75.